The molecule has 0 aromatic carbocycles. The lowest BCUT2D eigenvalue weighted by Crippen LogP contribution is -2.45. The van der Waals surface area contributed by atoms with E-state index in [9.17, 15) is 14.4 Å². The summed E-state index contributed by atoms with van der Waals surface area (Å²) in [5.41, 5.74) is 2.29. The maximum Gasteiger partial charge on any atom is 0.412 e. The van der Waals surface area contributed by atoms with Crippen molar-refractivity contribution >= 4 is 52.5 Å². The molecule has 228 valence electrons. The number of thiophene rings is 1. The Kier molecular flexibility index (Phi) is 11.2. The molecule has 0 saturated carbocycles. The summed E-state index contributed by atoms with van der Waals surface area (Å²) in [6.07, 6.45) is 2.77. The second kappa shape index (κ2) is 14.9. The van der Waals surface area contributed by atoms with Crippen LogP contribution in [-0.2, 0) is 11.3 Å². The maximum atomic E-state index is 13.2. The molecule has 0 spiro atoms. The highest BCUT2D eigenvalue weighted by Gasteiger charge is 2.21. The number of hydrogen-bond acceptors (Lipinski definition) is 9. The summed E-state index contributed by atoms with van der Waals surface area (Å²) < 4.78 is 5.30. The molecule has 4 rings (SSSR count). The van der Waals surface area contributed by atoms with Crippen LogP contribution in [0.25, 0.3) is 0 Å². The van der Waals surface area contributed by atoms with Gasteiger partial charge in [0, 0.05) is 67.7 Å². The lowest BCUT2D eigenvalue weighted by molar-refractivity contribution is 0.0635. The van der Waals surface area contributed by atoms with Crippen molar-refractivity contribution in [2.75, 3.05) is 62.7 Å². The number of urea groups is 1. The molecule has 3 N–H and O–H groups in total. The van der Waals surface area contributed by atoms with Crippen LogP contribution in [0.4, 0.5) is 21.0 Å². The Morgan fingerprint density at radius 2 is 1.79 bits per heavy atom. The summed E-state index contributed by atoms with van der Waals surface area (Å²) >= 11 is 3.05. The van der Waals surface area contributed by atoms with Crippen LogP contribution in [0.2, 0.25) is 0 Å². The minimum Gasteiger partial charge on any atom is -0.444 e. The molecular formula is C29H41N7O4S2. The Hall–Kier alpha value is -3.13. The maximum absolute atomic E-state index is 13.2. The van der Waals surface area contributed by atoms with Gasteiger partial charge in [0.05, 0.1) is 11.4 Å². The van der Waals surface area contributed by atoms with Crippen LogP contribution in [0.1, 0.15) is 49.7 Å². The Morgan fingerprint density at radius 1 is 1.05 bits per heavy atom. The average Bonchev–Trinajstić information content (AvgIpc) is 3.60. The van der Waals surface area contributed by atoms with E-state index in [1.54, 1.807) is 55.6 Å². The summed E-state index contributed by atoms with van der Waals surface area (Å²) in [5.74, 6) is 0.579. The Morgan fingerprint density at radius 3 is 2.43 bits per heavy atom. The molecule has 1 saturated heterocycles. The van der Waals surface area contributed by atoms with Crippen molar-refractivity contribution in [2.24, 2.45) is 0 Å². The first-order valence-electron chi connectivity index (χ1n) is 14.2. The van der Waals surface area contributed by atoms with Gasteiger partial charge >= 0.3 is 12.1 Å². The number of hydrogen-bond donors (Lipinski definition) is 3. The SMILES string of the molecule is CN1CCN(CCCN(Cc2ccc(C(=O)Nc3cscc3NC(=O)OC(C)(C)C)nc2)C(=O)NC2=CSCC2)CC1. The van der Waals surface area contributed by atoms with Crippen molar-refractivity contribution in [3.05, 3.63) is 51.5 Å². The van der Waals surface area contributed by atoms with Gasteiger partial charge in [-0.3, -0.25) is 15.1 Å². The first kappa shape index (κ1) is 31.8. The topological polar surface area (TPSA) is 119 Å². The van der Waals surface area contributed by atoms with Gasteiger partial charge < -0.3 is 30.1 Å². The van der Waals surface area contributed by atoms with Gasteiger partial charge in [0.2, 0.25) is 0 Å². The van der Waals surface area contributed by atoms with Crippen molar-refractivity contribution in [3.63, 3.8) is 0 Å². The second-order valence-corrected chi connectivity index (χ2v) is 13.2. The zero-order valence-corrected chi connectivity index (χ0v) is 26.4. The van der Waals surface area contributed by atoms with E-state index in [0.29, 0.717) is 24.5 Å². The number of allylic oxidation sites excluding steroid dienone is 1. The van der Waals surface area contributed by atoms with Crippen LogP contribution >= 0.6 is 23.1 Å². The molecular weight excluding hydrogens is 574 g/mol. The largest absolute Gasteiger partial charge is 0.444 e. The zero-order chi connectivity index (χ0) is 30.1. The molecule has 2 aliphatic rings. The number of carbonyl (C=O) groups is 3. The van der Waals surface area contributed by atoms with Gasteiger partial charge in [-0.2, -0.15) is 0 Å². The molecule has 0 atom stereocenters. The van der Waals surface area contributed by atoms with E-state index < -0.39 is 17.6 Å². The molecule has 0 aliphatic carbocycles. The third-order valence-corrected chi connectivity index (χ3v) is 8.38. The number of amides is 4. The van der Waals surface area contributed by atoms with E-state index in [-0.39, 0.29) is 11.7 Å². The summed E-state index contributed by atoms with van der Waals surface area (Å²) in [5, 5.41) is 14.0. The number of rotatable bonds is 10. The number of pyridine rings is 1. The number of piperazine rings is 1. The fourth-order valence-electron chi connectivity index (χ4n) is 4.47. The Balaban J connectivity index is 1.34. The highest BCUT2D eigenvalue weighted by atomic mass is 32.2. The summed E-state index contributed by atoms with van der Waals surface area (Å²) in [7, 11) is 2.14. The molecule has 42 heavy (non-hydrogen) atoms. The quantitative estimate of drug-likeness (QED) is 0.347. The van der Waals surface area contributed by atoms with E-state index in [2.05, 4.69) is 37.8 Å². The lowest BCUT2D eigenvalue weighted by Gasteiger charge is -2.33. The number of anilines is 2. The van der Waals surface area contributed by atoms with Crippen LogP contribution in [0.5, 0.6) is 0 Å². The second-order valence-electron chi connectivity index (χ2n) is 11.4. The average molecular weight is 616 g/mol. The third-order valence-electron chi connectivity index (χ3n) is 6.74. The van der Waals surface area contributed by atoms with Gasteiger partial charge in [-0.15, -0.1) is 23.1 Å². The van der Waals surface area contributed by atoms with Gasteiger partial charge in [-0.1, -0.05) is 6.07 Å². The molecule has 13 heteroatoms. The van der Waals surface area contributed by atoms with Crippen molar-refractivity contribution in [3.8, 4) is 0 Å². The minimum atomic E-state index is -0.636. The summed E-state index contributed by atoms with van der Waals surface area (Å²) in [6.45, 7) is 11.5. The number of nitrogens with zero attached hydrogens (tertiary/aromatic N) is 4. The van der Waals surface area contributed by atoms with E-state index in [1.165, 1.54) is 11.3 Å². The molecule has 4 heterocycles. The van der Waals surface area contributed by atoms with Crippen LogP contribution in [-0.4, -0.2) is 95.4 Å². The monoisotopic (exact) mass is 615 g/mol. The predicted octanol–water partition coefficient (Wildman–Crippen LogP) is 4.87. The van der Waals surface area contributed by atoms with Gasteiger partial charge in [-0.25, -0.2) is 9.59 Å². The molecule has 11 nitrogen and oxygen atoms in total. The number of nitrogens with one attached hydrogen (secondary N) is 3. The van der Waals surface area contributed by atoms with Crippen LogP contribution in [0.15, 0.2) is 40.2 Å². The van der Waals surface area contributed by atoms with Crippen molar-refractivity contribution < 1.29 is 19.1 Å². The van der Waals surface area contributed by atoms with Crippen molar-refractivity contribution in [1.29, 1.82) is 0 Å². The van der Waals surface area contributed by atoms with E-state index in [1.807, 2.05) is 16.4 Å². The van der Waals surface area contributed by atoms with E-state index >= 15 is 0 Å². The van der Waals surface area contributed by atoms with Crippen molar-refractivity contribution in [2.45, 2.75) is 45.8 Å². The van der Waals surface area contributed by atoms with Gasteiger partial charge in [0.1, 0.15) is 11.3 Å². The lowest BCUT2D eigenvalue weighted by atomic mass is 10.2. The standard InChI is InChI=1S/C29H41N7O4S2/c1-29(2,3)40-28(39)33-25-20-42-19-24(25)32-26(37)23-7-6-21(16-30-23)17-36(27(38)31-22-8-15-41-18-22)10-5-9-35-13-11-34(4)12-14-35/h6-7,16,18-20H,5,8-15,17H2,1-4H3,(H,31,38)(H,32,37)(H,33,39). The molecule has 2 aromatic rings. The molecule has 2 aliphatic heterocycles. The van der Waals surface area contributed by atoms with Gasteiger partial charge in [-0.05, 0) is 64.2 Å². The Labute approximate surface area is 256 Å². The summed E-state index contributed by atoms with van der Waals surface area (Å²) in [4.78, 5) is 49.2. The molecule has 4 amide bonds. The molecule has 2 aromatic heterocycles. The first-order valence-corrected chi connectivity index (χ1v) is 16.1. The third kappa shape index (κ3) is 10.0. The molecule has 0 bridgehead atoms. The highest BCUT2D eigenvalue weighted by Crippen LogP contribution is 2.27. The van der Waals surface area contributed by atoms with E-state index in [4.69, 9.17) is 4.74 Å². The highest BCUT2D eigenvalue weighted by molar-refractivity contribution is 8.02. The van der Waals surface area contributed by atoms with Crippen LogP contribution in [0.3, 0.4) is 0 Å². The predicted molar refractivity (Wildman–Crippen MR) is 169 cm³/mol. The number of aromatic nitrogens is 1. The smallest absolute Gasteiger partial charge is 0.412 e. The fraction of sp³-hybridized carbons (Fsp3) is 0.517. The van der Waals surface area contributed by atoms with Crippen molar-refractivity contribution in [1.82, 2.24) is 25.0 Å². The molecule has 0 unspecified atom stereocenters. The fourth-order valence-corrected chi connectivity index (χ4v) is 6.01. The molecule has 1 fully saturated rings. The summed E-state index contributed by atoms with van der Waals surface area (Å²) in [6, 6.07) is 3.35. The zero-order valence-electron chi connectivity index (χ0n) is 24.8. The Bertz CT molecular complexity index is 1250. The van der Waals surface area contributed by atoms with Gasteiger partial charge in [0.25, 0.3) is 5.91 Å². The van der Waals surface area contributed by atoms with Gasteiger partial charge in [0.15, 0.2) is 0 Å². The normalized spacial score (nSPS) is 16.0. The number of ether oxygens (including phenoxy) is 1. The van der Waals surface area contributed by atoms with E-state index in [0.717, 1.165) is 62.6 Å². The first-order chi connectivity index (χ1) is 20.1. The number of thioether (sulfide) groups is 1. The molecule has 0 radical (unpaired) electrons. The minimum absolute atomic E-state index is 0.119. The number of likely N-dealkylation sites (N-methyl/N-ethyl adjacent to an activating group) is 1. The number of carbonyl (C=O) groups excluding carboxylic acids is 3. The van der Waals surface area contributed by atoms with Crippen LogP contribution < -0.4 is 16.0 Å². The van der Waals surface area contributed by atoms with Crippen LogP contribution in [0, 0.1) is 0 Å².